The minimum absolute atomic E-state index is 0.419. The summed E-state index contributed by atoms with van der Waals surface area (Å²) in [6.07, 6.45) is 0. The summed E-state index contributed by atoms with van der Waals surface area (Å²) in [5.74, 6) is -0.491. The van der Waals surface area contributed by atoms with E-state index in [4.69, 9.17) is 20.9 Å². The average molecular weight is 295 g/mol. The summed E-state index contributed by atoms with van der Waals surface area (Å²) in [7, 11) is 0. The predicted octanol–water partition coefficient (Wildman–Crippen LogP) is 1.25. The first kappa shape index (κ1) is 17.3. The van der Waals surface area contributed by atoms with Gasteiger partial charge in [0.05, 0.1) is 18.8 Å². The van der Waals surface area contributed by atoms with Crippen LogP contribution in [0.15, 0.2) is 18.2 Å². The summed E-state index contributed by atoms with van der Waals surface area (Å²) >= 11 is 0. The fourth-order valence-corrected chi connectivity index (χ4v) is 2.02. The van der Waals surface area contributed by atoms with Gasteiger partial charge in [0.25, 0.3) is 5.91 Å². The summed E-state index contributed by atoms with van der Waals surface area (Å²) in [4.78, 5) is 13.6. The van der Waals surface area contributed by atoms with Gasteiger partial charge in [-0.25, -0.2) is 0 Å². The van der Waals surface area contributed by atoms with Gasteiger partial charge < -0.3 is 25.8 Å². The van der Waals surface area contributed by atoms with Crippen molar-refractivity contribution in [3.05, 3.63) is 23.8 Å². The molecule has 0 bridgehead atoms. The summed E-state index contributed by atoms with van der Waals surface area (Å²) in [6, 6.07) is 5.18. The Morgan fingerprint density at radius 1 is 1.14 bits per heavy atom. The van der Waals surface area contributed by atoms with Crippen molar-refractivity contribution >= 4 is 17.3 Å². The lowest BCUT2D eigenvalue weighted by molar-refractivity contribution is 0.1000. The normalized spacial score (nSPS) is 10.6. The third-order valence-corrected chi connectivity index (χ3v) is 3.05. The molecule has 6 heteroatoms. The van der Waals surface area contributed by atoms with Crippen molar-refractivity contribution in [2.45, 2.75) is 13.8 Å². The molecule has 0 saturated heterocycles. The zero-order valence-corrected chi connectivity index (χ0v) is 12.8. The van der Waals surface area contributed by atoms with Gasteiger partial charge in [-0.1, -0.05) is 0 Å². The van der Waals surface area contributed by atoms with Gasteiger partial charge in [-0.2, -0.15) is 0 Å². The van der Waals surface area contributed by atoms with E-state index in [1.54, 1.807) is 12.1 Å². The molecule has 0 fully saturated rings. The Balaban J connectivity index is 2.91. The minimum Gasteiger partial charge on any atom is -0.399 e. The van der Waals surface area contributed by atoms with Crippen LogP contribution in [0, 0.1) is 0 Å². The molecule has 6 nitrogen and oxygen atoms in total. The lowest BCUT2D eigenvalue weighted by Crippen LogP contribution is -2.33. The van der Waals surface area contributed by atoms with Crippen molar-refractivity contribution < 1.29 is 14.3 Å². The van der Waals surface area contributed by atoms with Gasteiger partial charge in [0.15, 0.2) is 0 Å². The number of ether oxygens (including phenoxy) is 2. The van der Waals surface area contributed by atoms with Crippen molar-refractivity contribution in [1.82, 2.24) is 0 Å². The minimum atomic E-state index is -0.491. The predicted molar refractivity (Wildman–Crippen MR) is 84.6 cm³/mol. The maximum atomic E-state index is 11.6. The molecule has 0 aliphatic rings. The highest BCUT2D eigenvalue weighted by Crippen LogP contribution is 2.22. The van der Waals surface area contributed by atoms with E-state index >= 15 is 0 Å². The Bertz CT molecular complexity index is 442. The Labute approximate surface area is 126 Å². The molecule has 0 radical (unpaired) electrons. The first-order valence-electron chi connectivity index (χ1n) is 7.19. The van der Waals surface area contributed by atoms with E-state index in [1.807, 2.05) is 24.8 Å². The van der Waals surface area contributed by atoms with Crippen LogP contribution in [0.1, 0.15) is 24.2 Å². The summed E-state index contributed by atoms with van der Waals surface area (Å²) in [5, 5.41) is 0. The largest absolute Gasteiger partial charge is 0.399 e. The molecule has 0 aliphatic heterocycles. The molecule has 0 atom stereocenters. The number of nitrogens with zero attached hydrogens (tertiary/aromatic N) is 1. The second-order valence-electron chi connectivity index (χ2n) is 4.52. The highest BCUT2D eigenvalue weighted by molar-refractivity contribution is 5.99. The Hall–Kier alpha value is -1.79. The molecule has 0 saturated carbocycles. The Kier molecular flexibility index (Phi) is 7.56. The van der Waals surface area contributed by atoms with Crippen LogP contribution in [0.3, 0.4) is 0 Å². The molecule has 1 aromatic carbocycles. The molecule has 0 spiro atoms. The summed E-state index contributed by atoms with van der Waals surface area (Å²) in [5.41, 5.74) is 12.9. The number of nitrogens with two attached hydrogens (primary N) is 2. The van der Waals surface area contributed by atoms with Crippen molar-refractivity contribution in [3.8, 4) is 0 Å². The molecule has 21 heavy (non-hydrogen) atoms. The number of primary amides is 1. The molecule has 0 unspecified atom stereocenters. The summed E-state index contributed by atoms with van der Waals surface area (Å²) in [6.45, 7) is 7.67. The maximum absolute atomic E-state index is 11.6. The molecule has 0 aliphatic carbocycles. The van der Waals surface area contributed by atoms with Crippen LogP contribution in [-0.2, 0) is 9.47 Å². The van der Waals surface area contributed by atoms with Gasteiger partial charge in [-0.05, 0) is 32.0 Å². The van der Waals surface area contributed by atoms with Crippen LogP contribution in [-0.4, -0.2) is 45.4 Å². The van der Waals surface area contributed by atoms with E-state index in [0.29, 0.717) is 50.8 Å². The smallest absolute Gasteiger partial charge is 0.250 e. The Morgan fingerprint density at radius 2 is 1.71 bits per heavy atom. The molecular weight excluding hydrogens is 270 g/mol. The first-order chi connectivity index (χ1) is 10.1. The zero-order valence-electron chi connectivity index (χ0n) is 12.8. The van der Waals surface area contributed by atoms with Crippen molar-refractivity contribution in [2.24, 2.45) is 5.73 Å². The van der Waals surface area contributed by atoms with E-state index < -0.39 is 5.91 Å². The van der Waals surface area contributed by atoms with E-state index in [-0.39, 0.29) is 0 Å². The number of rotatable bonds is 10. The van der Waals surface area contributed by atoms with Crippen LogP contribution < -0.4 is 16.4 Å². The van der Waals surface area contributed by atoms with Gasteiger partial charge in [-0.15, -0.1) is 0 Å². The van der Waals surface area contributed by atoms with Gasteiger partial charge in [0.2, 0.25) is 0 Å². The van der Waals surface area contributed by atoms with Gasteiger partial charge in [-0.3, -0.25) is 4.79 Å². The van der Waals surface area contributed by atoms with Crippen LogP contribution >= 0.6 is 0 Å². The zero-order chi connectivity index (χ0) is 15.7. The van der Waals surface area contributed by atoms with E-state index in [2.05, 4.69) is 0 Å². The van der Waals surface area contributed by atoms with Crippen LogP contribution in [0.4, 0.5) is 11.4 Å². The van der Waals surface area contributed by atoms with Crippen molar-refractivity contribution in [3.63, 3.8) is 0 Å². The molecule has 118 valence electrons. The first-order valence-corrected chi connectivity index (χ1v) is 7.19. The number of carbonyl (C=O) groups excluding carboxylic acids is 1. The molecular formula is C15H25N3O3. The molecule has 0 aromatic heterocycles. The highest BCUT2D eigenvalue weighted by atomic mass is 16.5. The van der Waals surface area contributed by atoms with E-state index in [0.717, 1.165) is 5.69 Å². The molecule has 1 amide bonds. The highest BCUT2D eigenvalue weighted by Gasteiger charge is 2.15. The molecule has 0 heterocycles. The fraction of sp³-hybridized carbons (Fsp3) is 0.533. The van der Waals surface area contributed by atoms with Crippen molar-refractivity contribution in [2.75, 3.05) is 50.2 Å². The van der Waals surface area contributed by atoms with Crippen molar-refractivity contribution in [1.29, 1.82) is 0 Å². The van der Waals surface area contributed by atoms with Crippen LogP contribution in [0.5, 0.6) is 0 Å². The third-order valence-electron chi connectivity index (χ3n) is 3.05. The number of hydrogen-bond acceptors (Lipinski definition) is 5. The lowest BCUT2D eigenvalue weighted by atomic mass is 10.1. The van der Waals surface area contributed by atoms with E-state index in [1.165, 1.54) is 0 Å². The lowest BCUT2D eigenvalue weighted by Gasteiger charge is -2.26. The standard InChI is InChI=1S/C15H25N3O3/c1-3-20-9-7-18(8-10-21-4-2)14-6-5-12(16)11-13(14)15(17)19/h5-6,11H,3-4,7-10,16H2,1-2H3,(H2,17,19). The SMILES string of the molecule is CCOCCN(CCOCC)c1ccc(N)cc1C(N)=O. The molecule has 4 N–H and O–H groups in total. The second kappa shape index (κ2) is 9.20. The van der Waals surface area contributed by atoms with Gasteiger partial charge in [0, 0.05) is 37.7 Å². The quantitative estimate of drug-likeness (QED) is 0.501. The number of nitrogen functional groups attached to an aromatic ring is 1. The number of hydrogen-bond donors (Lipinski definition) is 2. The number of amides is 1. The van der Waals surface area contributed by atoms with Crippen LogP contribution in [0.25, 0.3) is 0 Å². The Morgan fingerprint density at radius 3 is 2.19 bits per heavy atom. The van der Waals surface area contributed by atoms with Gasteiger partial charge in [0.1, 0.15) is 0 Å². The average Bonchev–Trinajstić information content (AvgIpc) is 2.46. The third kappa shape index (κ3) is 5.61. The number of benzene rings is 1. The fourth-order valence-electron chi connectivity index (χ4n) is 2.02. The van der Waals surface area contributed by atoms with Crippen LogP contribution in [0.2, 0.25) is 0 Å². The second-order valence-corrected chi connectivity index (χ2v) is 4.52. The number of carbonyl (C=O) groups is 1. The molecule has 1 aromatic rings. The van der Waals surface area contributed by atoms with E-state index in [9.17, 15) is 4.79 Å². The maximum Gasteiger partial charge on any atom is 0.250 e. The molecule has 1 rings (SSSR count). The summed E-state index contributed by atoms with van der Waals surface area (Å²) < 4.78 is 10.8. The topological polar surface area (TPSA) is 90.8 Å². The number of anilines is 2. The van der Waals surface area contributed by atoms with Gasteiger partial charge >= 0.3 is 0 Å². The monoisotopic (exact) mass is 295 g/mol.